The molecule has 4 N–H and O–H groups in total. The number of nitrogen functional groups attached to an aromatic ring is 1. The molecule has 0 saturated carbocycles. The van der Waals surface area contributed by atoms with E-state index in [9.17, 15) is 5.11 Å². The third-order valence-electron chi connectivity index (χ3n) is 3.67. The molecule has 1 atom stereocenters. The number of hydrogen-bond acceptors (Lipinski definition) is 5. The number of aliphatic hydroxyl groups excluding tert-OH is 1. The Labute approximate surface area is 114 Å². The Balaban J connectivity index is 2.16. The Morgan fingerprint density at radius 2 is 2.11 bits per heavy atom. The second-order valence-electron chi connectivity index (χ2n) is 5.23. The Kier molecular flexibility index (Phi) is 4.96. The monoisotopic (exact) mass is 264 g/mol. The van der Waals surface area contributed by atoms with E-state index in [2.05, 4.69) is 22.2 Å². The maximum atomic E-state index is 9.45. The molecule has 106 valence electrons. The first-order valence-corrected chi connectivity index (χ1v) is 7.27. The molecule has 0 saturated heterocycles. The van der Waals surface area contributed by atoms with Crippen LogP contribution in [-0.2, 0) is 12.8 Å². The first-order chi connectivity index (χ1) is 9.24. The van der Waals surface area contributed by atoms with E-state index in [-0.39, 0.29) is 12.6 Å². The highest BCUT2D eigenvalue weighted by molar-refractivity contribution is 5.51. The van der Waals surface area contributed by atoms with E-state index in [1.165, 1.54) is 18.4 Å². The van der Waals surface area contributed by atoms with Crippen LogP contribution in [0.1, 0.15) is 50.3 Å². The van der Waals surface area contributed by atoms with Crippen molar-refractivity contribution in [3.05, 3.63) is 11.3 Å². The fraction of sp³-hybridized carbons (Fsp3) is 0.714. The molecule has 0 amide bonds. The molecule has 5 nitrogen and oxygen atoms in total. The minimum Gasteiger partial charge on any atom is -0.394 e. The van der Waals surface area contributed by atoms with E-state index < -0.39 is 0 Å². The maximum absolute atomic E-state index is 9.45. The van der Waals surface area contributed by atoms with Crippen LogP contribution in [-0.4, -0.2) is 27.7 Å². The van der Waals surface area contributed by atoms with E-state index in [4.69, 9.17) is 5.73 Å². The summed E-state index contributed by atoms with van der Waals surface area (Å²) in [5.74, 6) is 1.16. The van der Waals surface area contributed by atoms with Gasteiger partial charge in [-0.2, -0.15) is 4.98 Å². The van der Waals surface area contributed by atoms with E-state index in [0.717, 1.165) is 43.6 Å². The average molecular weight is 264 g/mol. The van der Waals surface area contributed by atoms with Crippen LogP contribution < -0.4 is 11.1 Å². The van der Waals surface area contributed by atoms with Crippen molar-refractivity contribution in [1.82, 2.24) is 9.97 Å². The summed E-state index contributed by atoms with van der Waals surface area (Å²) in [5, 5.41) is 12.8. The third kappa shape index (κ3) is 3.56. The van der Waals surface area contributed by atoms with Gasteiger partial charge in [0.2, 0.25) is 5.95 Å². The summed E-state index contributed by atoms with van der Waals surface area (Å²) in [6, 6.07) is 0.0558. The lowest BCUT2D eigenvalue weighted by Gasteiger charge is -2.22. The number of fused-ring (bicyclic) bond motifs is 1. The van der Waals surface area contributed by atoms with Gasteiger partial charge in [-0.25, -0.2) is 4.98 Å². The highest BCUT2D eigenvalue weighted by Gasteiger charge is 2.19. The molecule has 1 aromatic heterocycles. The zero-order valence-corrected chi connectivity index (χ0v) is 11.7. The van der Waals surface area contributed by atoms with Gasteiger partial charge in [-0.1, -0.05) is 19.8 Å². The van der Waals surface area contributed by atoms with Crippen molar-refractivity contribution in [3.8, 4) is 0 Å². The van der Waals surface area contributed by atoms with Crippen LogP contribution in [0.5, 0.6) is 0 Å². The Bertz CT molecular complexity index is 422. The molecule has 19 heavy (non-hydrogen) atoms. The highest BCUT2D eigenvalue weighted by atomic mass is 16.3. The topological polar surface area (TPSA) is 84.1 Å². The lowest BCUT2D eigenvalue weighted by atomic mass is 9.96. The summed E-state index contributed by atoms with van der Waals surface area (Å²) >= 11 is 0. The molecular weight excluding hydrogens is 240 g/mol. The van der Waals surface area contributed by atoms with Crippen LogP contribution in [0, 0.1) is 0 Å². The van der Waals surface area contributed by atoms with Crippen molar-refractivity contribution >= 4 is 11.8 Å². The fourth-order valence-electron chi connectivity index (χ4n) is 2.59. The molecule has 1 aliphatic rings. The van der Waals surface area contributed by atoms with Crippen molar-refractivity contribution in [2.24, 2.45) is 0 Å². The number of nitrogens with two attached hydrogens (primary N) is 1. The zero-order chi connectivity index (χ0) is 13.7. The molecule has 0 spiro atoms. The Morgan fingerprint density at radius 1 is 1.32 bits per heavy atom. The van der Waals surface area contributed by atoms with E-state index in [1.54, 1.807) is 0 Å². The predicted molar refractivity (Wildman–Crippen MR) is 77.1 cm³/mol. The summed E-state index contributed by atoms with van der Waals surface area (Å²) in [4.78, 5) is 8.66. The normalized spacial score (nSPS) is 15.9. The minimum atomic E-state index is 0.0558. The predicted octanol–water partition coefficient (Wildman–Crippen LogP) is 1.90. The van der Waals surface area contributed by atoms with Crippen LogP contribution in [0.3, 0.4) is 0 Å². The average Bonchev–Trinajstić information content (AvgIpc) is 2.43. The summed E-state index contributed by atoms with van der Waals surface area (Å²) in [7, 11) is 0. The van der Waals surface area contributed by atoms with Gasteiger partial charge in [0.05, 0.1) is 18.3 Å². The Hall–Kier alpha value is -1.36. The summed E-state index contributed by atoms with van der Waals surface area (Å²) in [6.07, 6.45) is 7.50. The zero-order valence-electron chi connectivity index (χ0n) is 11.7. The number of aryl methyl sites for hydroxylation is 1. The smallest absolute Gasteiger partial charge is 0.222 e. The molecule has 0 aliphatic heterocycles. The molecule has 2 rings (SSSR count). The molecule has 1 aromatic rings. The van der Waals surface area contributed by atoms with E-state index in [0.29, 0.717) is 5.95 Å². The van der Waals surface area contributed by atoms with Crippen LogP contribution in [0.15, 0.2) is 0 Å². The molecular formula is C14H24N4O. The number of nitrogens with zero attached hydrogens (tertiary/aromatic N) is 2. The van der Waals surface area contributed by atoms with Gasteiger partial charge in [0.15, 0.2) is 0 Å². The van der Waals surface area contributed by atoms with E-state index >= 15 is 0 Å². The fourth-order valence-corrected chi connectivity index (χ4v) is 2.59. The third-order valence-corrected chi connectivity index (χ3v) is 3.67. The standard InChI is InChI=1S/C14H24N4O/c1-2-3-6-10(9-19)16-13-11-7-4-5-8-12(11)17-14(15)18-13/h10,19H,2-9H2,1H3,(H3,15,16,17,18). The van der Waals surface area contributed by atoms with Gasteiger partial charge in [0.1, 0.15) is 5.82 Å². The second-order valence-corrected chi connectivity index (χ2v) is 5.23. The summed E-state index contributed by atoms with van der Waals surface area (Å²) < 4.78 is 0. The van der Waals surface area contributed by atoms with Crippen molar-refractivity contribution in [3.63, 3.8) is 0 Å². The van der Waals surface area contributed by atoms with Crippen molar-refractivity contribution in [1.29, 1.82) is 0 Å². The van der Waals surface area contributed by atoms with Crippen molar-refractivity contribution in [2.75, 3.05) is 17.7 Å². The minimum absolute atomic E-state index is 0.0558. The van der Waals surface area contributed by atoms with Crippen LogP contribution in [0.4, 0.5) is 11.8 Å². The highest BCUT2D eigenvalue weighted by Crippen LogP contribution is 2.26. The largest absolute Gasteiger partial charge is 0.394 e. The summed E-state index contributed by atoms with van der Waals surface area (Å²) in [6.45, 7) is 2.28. The van der Waals surface area contributed by atoms with Crippen LogP contribution in [0.25, 0.3) is 0 Å². The number of aromatic nitrogens is 2. The maximum Gasteiger partial charge on any atom is 0.222 e. The van der Waals surface area contributed by atoms with Crippen molar-refractivity contribution in [2.45, 2.75) is 57.9 Å². The lowest BCUT2D eigenvalue weighted by Crippen LogP contribution is -2.26. The van der Waals surface area contributed by atoms with E-state index in [1.807, 2.05) is 0 Å². The Morgan fingerprint density at radius 3 is 2.84 bits per heavy atom. The van der Waals surface area contributed by atoms with Gasteiger partial charge in [-0.05, 0) is 32.1 Å². The quantitative estimate of drug-likeness (QED) is 0.731. The van der Waals surface area contributed by atoms with Gasteiger partial charge in [-0.15, -0.1) is 0 Å². The lowest BCUT2D eigenvalue weighted by molar-refractivity contribution is 0.267. The molecule has 0 aromatic carbocycles. The second kappa shape index (κ2) is 6.70. The molecule has 0 fully saturated rings. The van der Waals surface area contributed by atoms with Gasteiger partial charge >= 0.3 is 0 Å². The first kappa shape index (κ1) is 14.1. The molecule has 1 unspecified atom stereocenters. The molecule has 1 aliphatic carbocycles. The molecule has 5 heteroatoms. The van der Waals surface area contributed by atoms with Crippen LogP contribution >= 0.6 is 0 Å². The summed E-state index contributed by atoms with van der Waals surface area (Å²) in [5.41, 5.74) is 8.04. The van der Waals surface area contributed by atoms with Gasteiger partial charge in [0, 0.05) is 5.56 Å². The number of anilines is 2. The van der Waals surface area contributed by atoms with Gasteiger partial charge in [-0.3, -0.25) is 0 Å². The van der Waals surface area contributed by atoms with Gasteiger partial charge < -0.3 is 16.2 Å². The number of aliphatic hydroxyl groups is 1. The van der Waals surface area contributed by atoms with Crippen LogP contribution in [0.2, 0.25) is 0 Å². The number of rotatable bonds is 6. The SMILES string of the molecule is CCCCC(CO)Nc1nc(N)nc2c1CCCC2. The number of unbranched alkanes of at least 4 members (excludes halogenated alkanes) is 1. The first-order valence-electron chi connectivity index (χ1n) is 7.27. The molecule has 1 heterocycles. The van der Waals surface area contributed by atoms with Crippen molar-refractivity contribution < 1.29 is 5.11 Å². The number of hydrogen-bond donors (Lipinski definition) is 3. The van der Waals surface area contributed by atoms with Gasteiger partial charge in [0.25, 0.3) is 0 Å². The molecule has 0 radical (unpaired) electrons. The molecule has 0 bridgehead atoms. The number of nitrogens with one attached hydrogen (secondary N) is 1.